The first-order valence-corrected chi connectivity index (χ1v) is 11.3. The van der Waals surface area contributed by atoms with Gasteiger partial charge in [0.2, 0.25) is 0 Å². The van der Waals surface area contributed by atoms with Crippen molar-refractivity contribution in [3.05, 3.63) is 77.9 Å². The van der Waals surface area contributed by atoms with E-state index in [1.54, 1.807) is 61.6 Å². The molecule has 0 aliphatic carbocycles. The predicted molar refractivity (Wildman–Crippen MR) is 136 cm³/mol. The Kier molecular flexibility index (Phi) is 11.0. The van der Waals surface area contributed by atoms with E-state index in [9.17, 15) is 13.6 Å². The van der Waals surface area contributed by atoms with Crippen molar-refractivity contribution in [2.45, 2.75) is 19.5 Å². The number of aryl methyl sites for hydroxylation is 1. The van der Waals surface area contributed by atoms with Crippen molar-refractivity contribution < 1.29 is 28.2 Å². The zero-order valence-electron chi connectivity index (χ0n) is 20.7. The molecule has 10 heteroatoms. The van der Waals surface area contributed by atoms with Crippen molar-refractivity contribution in [2.75, 3.05) is 40.4 Å². The van der Waals surface area contributed by atoms with E-state index in [0.717, 1.165) is 11.1 Å². The van der Waals surface area contributed by atoms with E-state index in [4.69, 9.17) is 14.6 Å². The summed E-state index contributed by atoms with van der Waals surface area (Å²) in [4.78, 5) is 16.1. The number of benzene rings is 2. The number of nitrogens with zero attached hydrogens (tertiary/aromatic N) is 3. The van der Waals surface area contributed by atoms with Crippen LogP contribution in [0.1, 0.15) is 16.7 Å². The second-order valence-electron chi connectivity index (χ2n) is 7.90. The molecule has 36 heavy (non-hydrogen) atoms. The Morgan fingerprint density at radius 2 is 1.97 bits per heavy atom. The molecule has 2 N–H and O–H groups in total. The van der Waals surface area contributed by atoms with Crippen LogP contribution in [0, 0.1) is 6.92 Å². The molecule has 0 saturated carbocycles. The van der Waals surface area contributed by atoms with Crippen molar-refractivity contribution in [1.82, 2.24) is 10.3 Å². The van der Waals surface area contributed by atoms with Gasteiger partial charge in [-0.2, -0.15) is 5.10 Å². The number of amides is 1. The minimum atomic E-state index is -3.33. The van der Waals surface area contributed by atoms with Crippen LogP contribution in [0.2, 0.25) is 0 Å². The molecule has 0 radical (unpaired) electrons. The Hall–Kier alpha value is -3.79. The average Bonchev–Trinajstić information content (AvgIpc) is 2.87. The van der Waals surface area contributed by atoms with Crippen molar-refractivity contribution in [3.8, 4) is 5.75 Å². The van der Waals surface area contributed by atoms with E-state index < -0.39 is 25.2 Å². The van der Waals surface area contributed by atoms with Crippen LogP contribution >= 0.6 is 0 Å². The number of alkyl carbamates (subject to hydrolysis) is 1. The maximum Gasteiger partial charge on any atom is 0.407 e. The molecule has 0 atom stereocenters. The van der Waals surface area contributed by atoms with Gasteiger partial charge in [-0.05, 0) is 36.3 Å². The molecular formula is C26H32F2N4O4. The molecule has 8 nitrogen and oxygen atoms in total. The molecule has 0 unspecified atom stereocenters. The van der Waals surface area contributed by atoms with Crippen LogP contribution in [0.3, 0.4) is 0 Å². The highest BCUT2D eigenvalue weighted by molar-refractivity contribution is 6.52. The van der Waals surface area contributed by atoms with Gasteiger partial charge in [0.1, 0.15) is 18.1 Å². The Morgan fingerprint density at radius 1 is 1.25 bits per heavy atom. The molecule has 0 aliphatic rings. The molecule has 0 spiro atoms. The van der Waals surface area contributed by atoms with Crippen molar-refractivity contribution >= 4 is 17.5 Å². The number of rotatable bonds is 13. The smallest absolute Gasteiger partial charge is 0.407 e. The lowest BCUT2D eigenvalue weighted by atomic mass is 10.00. The monoisotopic (exact) mass is 502 g/mol. The van der Waals surface area contributed by atoms with Gasteiger partial charge in [-0.25, -0.2) is 13.6 Å². The molecule has 0 aromatic heterocycles. The highest BCUT2D eigenvalue weighted by Crippen LogP contribution is 2.22. The normalized spacial score (nSPS) is 12.2. The number of allylic oxidation sites excluding steroid dienone is 1. The number of alkyl halides is 2. The molecule has 0 fully saturated rings. The van der Waals surface area contributed by atoms with E-state index in [1.807, 2.05) is 13.0 Å². The fourth-order valence-corrected chi connectivity index (χ4v) is 3.10. The number of ether oxygens (including phenoxy) is 2. The van der Waals surface area contributed by atoms with Crippen LogP contribution in [0.5, 0.6) is 5.75 Å². The maximum absolute atomic E-state index is 14.4. The van der Waals surface area contributed by atoms with Gasteiger partial charge in [0.05, 0.1) is 25.4 Å². The fraction of sp³-hybridized carbons (Fsp3) is 0.346. The summed E-state index contributed by atoms with van der Waals surface area (Å²) in [6.45, 7) is 3.97. The van der Waals surface area contributed by atoms with Gasteiger partial charge < -0.3 is 19.9 Å². The molecule has 2 aromatic carbocycles. The number of likely N-dealkylation sites (N-methyl/N-ethyl adjacent to an activating group) is 1. The Balaban J connectivity index is 2.01. The number of aliphatic imine (C=N–C) groups is 1. The predicted octanol–water partition coefficient (Wildman–Crippen LogP) is 3.82. The summed E-state index contributed by atoms with van der Waals surface area (Å²) < 4.78 is 39.0. The first kappa shape index (κ1) is 28.4. The summed E-state index contributed by atoms with van der Waals surface area (Å²) in [5.41, 5.74) is 3.16. The molecule has 2 rings (SSSR count). The number of carbonyl (C=O) groups excluding carboxylic acids is 1. The number of carbonyl (C=O) groups is 1. The molecule has 0 saturated heterocycles. The largest absolute Gasteiger partial charge is 0.487 e. The number of aliphatic hydroxyl groups is 1. The van der Waals surface area contributed by atoms with Crippen molar-refractivity contribution in [2.24, 2.45) is 10.1 Å². The minimum absolute atomic E-state index is 0.0198. The first-order valence-electron chi connectivity index (χ1n) is 11.3. The van der Waals surface area contributed by atoms with E-state index in [0.29, 0.717) is 23.5 Å². The zero-order valence-corrected chi connectivity index (χ0v) is 20.7. The third-order valence-corrected chi connectivity index (χ3v) is 4.98. The summed E-state index contributed by atoms with van der Waals surface area (Å²) >= 11 is 0. The molecule has 0 heterocycles. The first-order chi connectivity index (χ1) is 17.2. The van der Waals surface area contributed by atoms with Gasteiger partial charge in [0, 0.05) is 19.7 Å². The second kappa shape index (κ2) is 13.9. The SMILES string of the molecule is C=CC(=N\N(C)CCO)/C(=N/C)c1cc(OCC(F)(F)CNC(=O)OCc2ccccc2)ccc1C. The standard InChI is InChI=1S/C26H32F2N4O4/c1-5-23(31-32(4)13-14-33)24(29-3)22-15-21(12-11-19(22)2)36-18-26(27,28)17-30-25(34)35-16-20-9-7-6-8-10-20/h5-12,15,33H,1,13-14,16-18H2,2-4H3,(H,30,34)/b29-24+,31-23+. The highest BCUT2D eigenvalue weighted by atomic mass is 19.3. The average molecular weight is 503 g/mol. The van der Waals surface area contributed by atoms with E-state index >= 15 is 0 Å². The third kappa shape index (κ3) is 9.10. The van der Waals surface area contributed by atoms with Crippen molar-refractivity contribution in [1.29, 1.82) is 0 Å². The number of nitrogens with one attached hydrogen (secondary N) is 1. The topological polar surface area (TPSA) is 95.8 Å². The lowest BCUT2D eigenvalue weighted by Gasteiger charge is -2.19. The van der Waals surface area contributed by atoms with E-state index in [-0.39, 0.29) is 19.0 Å². The Morgan fingerprint density at radius 3 is 2.61 bits per heavy atom. The second-order valence-corrected chi connectivity index (χ2v) is 7.90. The van der Waals surface area contributed by atoms with Gasteiger partial charge in [0.15, 0.2) is 6.61 Å². The number of aliphatic hydroxyl groups excluding tert-OH is 1. The van der Waals surface area contributed by atoms with E-state index in [2.05, 4.69) is 22.0 Å². The van der Waals surface area contributed by atoms with Gasteiger partial charge >= 0.3 is 6.09 Å². The molecule has 0 aliphatic heterocycles. The molecule has 0 bridgehead atoms. The highest BCUT2D eigenvalue weighted by Gasteiger charge is 2.31. The van der Waals surface area contributed by atoms with Crippen LogP contribution in [0.15, 0.2) is 71.3 Å². The van der Waals surface area contributed by atoms with Gasteiger partial charge in [-0.3, -0.25) is 10.0 Å². The van der Waals surface area contributed by atoms with E-state index in [1.165, 1.54) is 6.08 Å². The number of hydrogen-bond acceptors (Lipinski definition) is 7. The van der Waals surface area contributed by atoms with Gasteiger partial charge in [-0.15, -0.1) is 0 Å². The number of hydrogen-bond donors (Lipinski definition) is 2. The van der Waals surface area contributed by atoms with Crippen molar-refractivity contribution in [3.63, 3.8) is 0 Å². The van der Waals surface area contributed by atoms with Crippen LogP contribution in [-0.2, 0) is 11.3 Å². The molecular weight excluding hydrogens is 470 g/mol. The molecule has 1 amide bonds. The lowest BCUT2D eigenvalue weighted by Crippen LogP contribution is -2.40. The van der Waals surface area contributed by atoms with Crippen LogP contribution < -0.4 is 10.1 Å². The summed E-state index contributed by atoms with van der Waals surface area (Å²) in [5, 5.41) is 17.1. The quantitative estimate of drug-likeness (QED) is 0.321. The van der Waals surface area contributed by atoms with Gasteiger partial charge in [-0.1, -0.05) is 43.0 Å². The summed E-state index contributed by atoms with van der Waals surface area (Å²) in [7, 11) is 3.29. The molecule has 2 aromatic rings. The maximum atomic E-state index is 14.4. The Bertz CT molecular complexity index is 1070. The molecule has 194 valence electrons. The minimum Gasteiger partial charge on any atom is -0.487 e. The fourth-order valence-electron chi connectivity index (χ4n) is 3.10. The number of halogens is 2. The van der Waals surface area contributed by atoms with Crippen LogP contribution in [0.25, 0.3) is 0 Å². The zero-order chi connectivity index (χ0) is 26.6. The van der Waals surface area contributed by atoms with Crippen LogP contribution in [-0.4, -0.2) is 74.0 Å². The summed E-state index contributed by atoms with van der Waals surface area (Å²) in [6.07, 6.45) is 0.585. The van der Waals surface area contributed by atoms with Crippen LogP contribution in [0.4, 0.5) is 13.6 Å². The summed E-state index contributed by atoms with van der Waals surface area (Å²) in [6, 6.07) is 13.8. The number of hydrazone groups is 1. The Labute approximate surface area is 209 Å². The summed E-state index contributed by atoms with van der Waals surface area (Å²) in [5.74, 6) is -3.13. The lowest BCUT2D eigenvalue weighted by molar-refractivity contribution is -0.0386. The van der Waals surface area contributed by atoms with Gasteiger partial charge in [0.25, 0.3) is 5.92 Å². The third-order valence-electron chi connectivity index (χ3n) is 4.98.